The lowest BCUT2D eigenvalue weighted by atomic mass is 9.95. The SMILES string of the molecule is Cc1cc([C@@H](C)O)ccc1OCC(=O)NC1CCCCC1. The summed E-state index contributed by atoms with van der Waals surface area (Å²) in [7, 11) is 0. The molecule has 0 unspecified atom stereocenters. The van der Waals surface area contributed by atoms with Gasteiger partial charge >= 0.3 is 0 Å². The van der Waals surface area contributed by atoms with Gasteiger partial charge in [-0.05, 0) is 49.9 Å². The summed E-state index contributed by atoms with van der Waals surface area (Å²) in [5.41, 5.74) is 1.78. The van der Waals surface area contributed by atoms with Gasteiger partial charge in [-0.15, -0.1) is 0 Å². The molecule has 1 aliphatic carbocycles. The normalized spacial score (nSPS) is 17.3. The fraction of sp³-hybridized carbons (Fsp3) is 0.588. The number of aliphatic hydroxyl groups is 1. The molecule has 0 saturated heterocycles. The second-order valence-electron chi connectivity index (χ2n) is 5.89. The molecule has 21 heavy (non-hydrogen) atoms. The number of hydrogen-bond donors (Lipinski definition) is 2. The molecule has 2 rings (SSSR count). The Morgan fingerprint density at radius 1 is 1.38 bits per heavy atom. The Kier molecular flexibility index (Phi) is 5.62. The first-order valence-corrected chi connectivity index (χ1v) is 7.77. The quantitative estimate of drug-likeness (QED) is 0.877. The zero-order valence-electron chi connectivity index (χ0n) is 12.9. The van der Waals surface area contributed by atoms with Crippen LogP contribution in [0.5, 0.6) is 5.75 Å². The Bertz CT molecular complexity index is 479. The van der Waals surface area contributed by atoms with E-state index in [1.54, 1.807) is 6.92 Å². The van der Waals surface area contributed by atoms with Crippen LogP contribution < -0.4 is 10.1 Å². The van der Waals surface area contributed by atoms with Crippen molar-refractivity contribution in [2.24, 2.45) is 0 Å². The van der Waals surface area contributed by atoms with Crippen molar-refractivity contribution in [1.29, 1.82) is 0 Å². The minimum atomic E-state index is -0.493. The third-order valence-electron chi connectivity index (χ3n) is 4.01. The number of aryl methyl sites for hydroxylation is 1. The van der Waals surface area contributed by atoms with Crippen LogP contribution >= 0.6 is 0 Å². The summed E-state index contributed by atoms with van der Waals surface area (Å²) < 4.78 is 5.58. The number of amides is 1. The number of ether oxygens (including phenoxy) is 1. The van der Waals surface area contributed by atoms with Crippen LogP contribution in [0.25, 0.3) is 0 Å². The molecule has 0 aromatic heterocycles. The first-order chi connectivity index (χ1) is 10.1. The van der Waals surface area contributed by atoms with E-state index in [1.807, 2.05) is 25.1 Å². The number of carbonyl (C=O) groups is 1. The average molecular weight is 291 g/mol. The Labute approximate surface area is 126 Å². The summed E-state index contributed by atoms with van der Waals surface area (Å²) in [6.07, 6.45) is 5.34. The predicted molar refractivity (Wildman–Crippen MR) is 82.3 cm³/mol. The first-order valence-electron chi connectivity index (χ1n) is 7.77. The van der Waals surface area contributed by atoms with Gasteiger partial charge in [0.2, 0.25) is 0 Å². The summed E-state index contributed by atoms with van der Waals surface area (Å²) in [6, 6.07) is 5.84. The van der Waals surface area contributed by atoms with Crippen molar-refractivity contribution in [3.63, 3.8) is 0 Å². The van der Waals surface area contributed by atoms with Crippen LogP contribution in [-0.4, -0.2) is 23.7 Å². The molecule has 1 aromatic carbocycles. The monoisotopic (exact) mass is 291 g/mol. The average Bonchev–Trinajstić information content (AvgIpc) is 2.47. The van der Waals surface area contributed by atoms with Gasteiger partial charge in [-0.25, -0.2) is 0 Å². The highest BCUT2D eigenvalue weighted by Crippen LogP contribution is 2.22. The van der Waals surface area contributed by atoms with Crippen LogP contribution in [-0.2, 0) is 4.79 Å². The van der Waals surface area contributed by atoms with E-state index in [9.17, 15) is 9.90 Å². The summed E-state index contributed by atoms with van der Waals surface area (Å²) in [5.74, 6) is 0.638. The molecule has 0 spiro atoms. The van der Waals surface area contributed by atoms with Crippen molar-refractivity contribution < 1.29 is 14.6 Å². The van der Waals surface area contributed by atoms with Crippen LogP contribution in [0.4, 0.5) is 0 Å². The highest BCUT2D eigenvalue weighted by Gasteiger charge is 2.16. The minimum absolute atomic E-state index is 0.0470. The highest BCUT2D eigenvalue weighted by molar-refractivity contribution is 5.77. The molecule has 0 aliphatic heterocycles. The fourth-order valence-electron chi connectivity index (χ4n) is 2.75. The molecule has 1 atom stereocenters. The summed E-state index contributed by atoms with van der Waals surface area (Å²) in [6.45, 7) is 3.69. The van der Waals surface area contributed by atoms with Crippen molar-refractivity contribution in [3.8, 4) is 5.75 Å². The fourth-order valence-corrected chi connectivity index (χ4v) is 2.75. The molecule has 1 amide bonds. The molecule has 4 nitrogen and oxygen atoms in total. The van der Waals surface area contributed by atoms with E-state index in [4.69, 9.17) is 4.74 Å². The van der Waals surface area contributed by atoms with Crippen molar-refractivity contribution in [2.75, 3.05) is 6.61 Å². The third-order valence-corrected chi connectivity index (χ3v) is 4.01. The molecule has 1 aliphatic rings. The number of hydrogen-bond acceptors (Lipinski definition) is 3. The Balaban J connectivity index is 1.83. The number of aliphatic hydroxyl groups excluding tert-OH is 1. The molecule has 0 bridgehead atoms. The van der Waals surface area contributed by atoms with Crippen molar-refractivity contribution in [2.45, 2.75) is 58.1 Å². The Morgan fingerprint density at radius 3 is 2.71 bits per heavy atom. The van der Waals surface area contributed by atoms with E-state index in [-0.39, 0.29) is 12.5 Å². The molecular formula is C17H25NO3. The maximum atomic E-state index is 11.9. The Hall–Kier alpha value is -1.55. The largest absolute Gasteiger partial charge is 0.484 e. The molecule has 4 heteroatoms. The van der Waals surface area contributed by atoms with Crippen LogP contribution in [0.15, 0.2) is 18.2 Å². The summed E-state index contributed by atoms with van der Waals surface area (Å²) in [4.78, 5) is 11.9. The lowest BCUT2D eigenvalue weighted by Crippen LogP contribution is -2.39. The number of carbonyl (C=O) groups excluding carboxylic acids is 1. The maximum absolute atomic E-state index is 11.9. The van der Waals surface area contributed by atoms with Gasteiger partial charge in [0, 0.05) is 6.04 Å². The lowest BCUT2D eigenvalue weighted by Gasteiger charge is -2.22. The predicted octanol–water partition coefficient (Wildman–Crippen LogP) is 2.88. The van der Waals surface area contributed by atoms with Crippen molar-refractivity contribution in [1.82, 2.24) is 5.32 Å². The molecule has 1 saturated carbocycles. The van der Waals surface area contributed by atoms with Gasteiger partial charge in [-0.2, -0.15) is 0 Å². The third kappa shape index (κ3) is 4.74. The van der Waals surface area contributed by atoms with Gasteiger partial charge in [-0.3, -0.25) is 4.79 Å². The van der Waals surface area contributed by atoms with E-state index in [2.05, 4.69) is 5.32 Å². The molecule has 1 aromatic rings. The first kappa shape index (κ1) is 15.8. The number of rotatable bonds is 5. The smallest absolute Gasteiger partial charge is 0.258 e. The minimum Gasteiger partial charge on any atom is -0.484 e. The molecule has 0 radical (unpaired) electrons. The van der Waals surface area contributed by atoms with E-state index in [0.717, 1.165) is 24.0 Å². The molecule has 0 heterocycles. The van der Waals surface area contributed by atoms with Crippen LogP contribution in [0, 0.1) is 6.92 Å². The van der Waals surface area contributed by atoms with E-state index >= 15 is 0 Å². The van der Waals surface area contributed by atoms with E-state index in [0.29, 0.717) is 11.8 Å². The van der Waals surface area contributed by atoms with Crippen LogP contribution in [0.1, 0.15) is 56.3 Å². The van der Waals surface area contributed by atoms with Gasteiger partial charge in [-0.1, -0.05) is 25.3 Å². The summed E-state index contributed by atoms with van der Waals surface area (Å²) >= 11 is 0. The molecule has 1 fully saturated rings. The molecule has 116 valence electrons. The topological polar surface area (TPSA) is 58.6 Å². The second-order valence-corrected chi connectivity index (χ2v) is 5.89. The van der Waals surface area contributed by atoms with Gasteiger partial charge in [0.05, 0.1) is 6.10 Å². The summed E-state index contributed by atoms with van der Waals surface area (Å²) in [5, 5.41) is 12.6. The van der Waals surface area contributed by atoms with Gasteiger partial charge in [0.1, 0.15) is 5.75 Å². The van der Waals surface area contributed by atoms with Crippen LogP contribution in [0.3, 0.4) is 0 Å². The maximum Gasteiger partial charge on any atom is 0.258 e. The van der Waals surface area contributed by atoms with Gasteiger partial charge < -0.3 is 15.2 Å². The number of benzene rings is 1. The second kappa shape index (κ2) is 7.46. The lowest BCUT2D eigenvalue weighted by molar-refractivity contribution is -0.124. The molecule has 2 N–H and O–H groups in total. The highest BCUT2D eigenvalue weighted by atomic mass is 16.5. The zero-order chi connectivity index (χ0) is 15.2. The van der Waals surface area contributed by atoms with E-state index < -0.39 is 6.10 Å². The van der Waals surface area contributed by atoms with Gasteiger partial charge in [0.15, 0.2) is 6.61 Å². The van der Waals surface area contributed by atoms with E-state index in [1.165, 1.54) is 19.3 Å². The zero-order valence-corrected chi connectivity index (χ0v) is 12.9. The molecular weight excluding hydrogens is 266 g/mol. The Morgan fingerprint density at radius 2 is 2.10 bits per heavy atom. The van der Waals surface area contributed by atoms with Crippen molar-refractivity contribution >= 4 is 5.91 Å². The van der Waals surface area contributed by atoms with Crippen LogP contribution in [0.2, 0.25) is 0 Å². The standard InChI is InChI=1S/C17H25NO3/c1-12-10-14(13(2)19)8-9-16(12)21-11-17(20)18-15-6-4-3-5-7-15/h8-10,13,15,19H,3-7,11H2,1-2H3,(H,18,20)/t13-/m1/s1. The van der Waals surface area contributed by atoms with Gasteiger partial charge in [0.25, 0.3) is 5.91 Å². The number of nitrogens with one attached hydrogen (secondary N) is 1. The van der Waals surface area contributed by atoms with Crippen molar-refractivity contribution in [3.05, 3.63) is 29.3 Å².